The number of hydrogen-bond acceptors (Lipinski definition) is 5. The number of piperidine rings is 2. The van der Waals surface area contributed by atoms with E-state index in [2.05, 4.69) is 19.2 Å². The Morgan fingerprint density at radius 2 is 1.84 bits per heavy atom. The van der Waals surface area contributed by atoms with Crippen molar-refractivity contribution in [3.05, 3.63) is 23.8 Å². The Kier molecular flexibility index (Phi) is 8.41. The van der Waals surface area contributed by atoms with E-state index in [-0.39, 0.29) is 18.4 Å². The molecule has 1 N–H and O–H groups in total. The van der Waals surface area contributed by atoms with Crippen molar-refractivity contribution >= 4 is 16.1 Å². The highest BCUT2D eigenvalue weighted by Gasteiger charge is 2.38. The SMILES string of the molecule is CCOc1ccc(CNC(=O)[C@@H]2CCCN(S(=O)(=O)N3C[C@@H](C)C[C@H](C)C3)C2)cc1OC. The van der Waals surface area contributed by atoms with Gasteiger partial charge in [-0.05, 0) is 55.7 Å². The van der Waals surface area contributed by atoms with Gasteiger partial charge in [-0.25, -0.2) is 0 Å². The lowest BCUT2D eigenvalue weighted by Gasteiger charge is -2.39. The number of ether oxygens (including phenoxy) is 2. The van der Waals surface area contributed by atoms with Crippen LogP contribution in [-0.2, 0) is 21.5 Å². The van der Waals surface area contributed by atoms with Gasteiger partial charge in [-0.1, -0.05) is 19.9 Å². The standard InChI is InChI=1S/C23H37N3O5S/c1-5-31-21-9-8-19(12-22(21)30-4)13-24-23(27)20-7-6-10-25(16-20)32(28,29)26-14-17(2)11-18(3)15-26/h8-9,12,17-18,20H,5-7,10-11,13-16H2,1-4H3,(H,24,27)/t17-,18-,20+/m0/s1. The van der Waals surface area contributed by atoms with Gasteiger partial charge >= 0.3 is 0 Å². The lowest BCUT2D eigenvalue weighted by molar-refractivity contribution is -0.126. The molecule has 32 heavy (non-hydrogen) atoms. The van der Waals surface area contributed by atoms with Crippen LogP contribution < -0.4 is 14.8 Å². The maximum atomic E-state index is 13.2. The molecule has 0 saturated carbocycles. The van der Waals surface area contributed by atoms with Gasteiger partial charge < -0.3 is 14.8 Å². The maximum absolute atomic E-state index is 13.2. The summed E-state index contributed by atoms with van der Waals surface area (Å²) >= 11 is 0. The summed E-state index contributed by atoms with van der Waals surface area (Å²) in [6, 6.07) is 5.57. The van der Waals surface area contributed by atoms with E-state index in [4.69, 9.17) is 9.47 Å². The highest BCUT2D eigenvalue weighted by Crippen LogP contribution is 2.29. The smallest absolute Gasteiger partial charge is 0.282 e. The van der Waals surface area contributed by atoms with Crippen molar-refractivity contribution in [3.63, 3.8) is 0 Å². The molecule has 0 bridgehead atoms. The summed E-state index contributed by atoms with van der Waals surface area (Å²) in [7, 11) is -1.96. The van der Waals surface area contributed by atoms with Crippen LogP contribution in [0.5, 0.6) is 11.5 Å². The fourth-order valence-electron chi connectivity index (χ4n) is 4.75. The molecular formula is C23H37N3O5S. The van der Waals surface area contributed by atoms with Crippen LogP contribution in [0.3, 0.4) is 0 Å². The van der Waals surface area contributed by atoms with Gasteiger partial charge in [0.1, 0.15) is 0 Å². The number of nitrogens with zero attached hydrogens (tertiary/aromatic N) is 2. The van der Waals surface area contributed by atoms with Crippen LogP contribution in [0.2, 0.25) is 0 Å². The number of nitrogens with one attached hydrogen (secondary N) is 1. The predicted molar refractivity (Wildman–Crippen MR) is 124 cm³/mol. The van der Waals surface area contributed by atoms with Crippen LogP contribution in [0.4, 0.5) is 0 Å². The lowest BCUT2D eigenvalue weighted by atomic mass is 9.94. The number of carbonyl (C=O) groups excluding carboxylic acids is 1. The first-order valence-electron chi connectivity index (χ1n) is 11.6. The molecule has 2 aliphatic heterocycles. The largest absolute Gasteiger partial charge is 0.493 e. The summed E-state index contributed by atoms with van der Waals surface area (Å²) in [6.07, 6.45) is 2.43. The fraction of sp³-hybridized carbons (Fsp3) is 0.696. The Bertz CT molecular complexity index is 882. The molecule has 2 saturated heterocycles. The van der Waals surface area contributed by atoms with E-state index in [1.165, 1.54) is 4.31 Å². The molecule has 2 fully saturated rings. The minimum absolute atomic E-state index is 0.113. The first kappa shape index (κ1) is 24.8. The molecule has 3 rings (SSSR count). The van der Waals surface area contributed by atoms with Gasteiger partial charge in [0.15, 0.2) is 11.5 Å². The summed E-state index contributed by atoms with van der Waals surface area (Å²) in [6.45, 7) is 8.82. The maximum Gasteiger partial charge on any atom is 0.282 e. The number of rotatable bonds is 8. The highest BCUT2D eigenvalue weighted by atomic mass is 32.2. The van der Waals surface area contributed by atoms with Crippen LogP contribution in [0, 0.1) is 17.8 Å². The van der Waals surface area contributed by atoms with Crippen LogP contribution >= 0.6 is 0 Å². The Morgan fingerprint density at radius 1 is 1.12 bits per heavy atom. The van der Waals surface area contributed by atoms with Crippen molar-refractivity contribution in [1.29, 1.82) is 0 Å². The quantitative estimate of drug-likeness (QED) is 0.635. The summed E-state index contributed by atoms with van der Waals surface area (Å²) in [4.78, 5) is 12.8. The summed E-state index contributed by atoms with van der Waals surface area (Å²) in [5.74, 6) is 1.53. The zero-order chi connectivity index (χ0) is 23.3. The van der Waals surface area contributed by atoms with Crippen LogP contribution in [0.15, 0.2) is 18.2 Å². The number of carbonyl (C=O) groups is 1. The van der Waals surface area contributed by atoms with E-state index in [0.29, 0.717) is 69.0 Å². The van der Waals surface area contributed by atoms with Gasteiger partial charge in [-0.2, -0.15) is 17.0 Å². The number of hydrogen-bond donors (Lipinski definition) is 1. The second-order valence-electron chi connectivity index (χ2n) is 9.10. The third-order valence-electron chi connectivity index (χ3n) is 6.24. The molecule has 8 nitrogen and oxygen atoms in total. The highest BCUT2D eigenvalue weighted by molar-refractivity contribution is 7.86. The average molecular weight is 468 g/mol. The molecule has 9 heteroatoms. The molecule has 180 valence electrons. The molecule has 0 aliphatic carbocycles. The Balaban J connectivity index is 1.59. The topological polar surface area (TPSA) is 88.2 Å². The van der Waals surface area contributed by atoms with Gasteiger partial charge in [-0.3, -0.25) is 4.79 Å². The van der Waals surface area contributed by atoms with Crippen molar-refractivity contribution < 1.29 is 22.7 Å². The molecule has 1 amide bonds. The van der Waals surface area contributed by atoms with E-state index in [1.807, 2.05) is 25.1 Å². The van der Waals surface area contributed by atoms with Crippen molar-refractivity contribution in [2.75, 3.05) is 39.9 Å². The molecule has 0 spiro atoms. The van der Waals surface area contributed by atoms with Crippen molar-refractivity contribution in [2.45, 2.75) is 46.6 Å². The molecule has 3 atom stereocenters. The summed E-state index contributed by atoms with van der Waals surface area (Å²) in [5.41, 5.74) is 0.898. The van der Waals surface area contributed by atoms with Crippen LogP contribution in [0.1, 0.15) is 45.6 Å². The second-order valence-corrected chi connectivity index (χ2v) is 11.0. The third-order valence-corrected chi connectivity index (χ3v) is 8.17. The molecule has 1 aromatic carbocycles. The normalized spacial score (nSPS) is 25.3. The molecule has 0 aromatic heterocycles. The first-order chi connectivity index (χ1) is 15.2. The van der Waals surface area contributed by atoms with Crippen molar-refractivity contribution in [3.8, 4) is 11.5 Å². The number of amides is 1. The minimum atomic E-state index is -3.55. The lowest BCUT2D eigenvalue weighted by Crippen LogP contribution is -2.53. The monoisotopic (exact) mass is 467 g/mol. The van der Waals surface area contributed by atoms with Gasteiger partial charge in [-0.15, -0.1) is 0 Å². The van der Waals surface area contributed by atoms with E-state index in [1.54, 1.807) is 11.4 Å². The second kappa shape index (κ2) is 10.9. The van der Waals surface area contributed by atoms with Gasteiger partial charge in [0, 0.05) is 32.7 Å². The van der Waals surface area contributed by atoms with E-state index >= 15 is 0 Å². The van der Waals surface area contributed by atoms with Crippen molar-refractivity contribution in [2.24, 2.45) is 17.8 Å². The van der Waals surface area contributed by atoms with Gasteiger partial charge in [0.25, 0.3) is 10.2 Å². The third kappa shape index (κ3) is 5.94. The van der Waals surface area contributed by atoms with Crippen LogP contribution in [0.25, 0.3) is 0 Å². The molecular weight excluding hydrogens is 430 g/mol. The van der Waals surface area contributed by atoms with Crippen LogP contribution in [-0.4, -0.2) is 62.8 Å². The van der Waals surface area contributed by atoms with Gasteiger partial charge in [0.2, 0.25) is 5.91 Å². The zero-order valence-electron chi connectivity index (χ0n) is 19.7. The number of benzene rings is 1. The zero-order valence-corrected chi connectivity index (χ0v) is 20.5. The average Bonchev–Trinajstić information content (AvgIpc) is 2.77. The molecule has 2 heterocycles. The fourth-order valence-corrected chi connectivity index (χ4v) is 6.69. The molecule has 2 aliphatic rings. The molecule has 1 aromatic rings. The van der Waals surface area contributed by atoms with E-state index in [9.17, 15) is 13.2 Å². The molecule has 0 unspecified atom stereocenters. The summed E-state index contributed by atoms with van der Waals surface area (Å²) in [5, 5.41) is 2.97. The Labute approximate surface area is 192 Å². The Morgan fingerprint density at radius 3 is 2.50 bits per heavy atom. The number of methoxy groups -OCH3 is 1. The predicted octanol–water partition coefficient (Wildman–Crippen LogP) is 2.64. The molecule has 0 radical (unpaired) electrons. The van der Waals surface area contributed by atoms with E-state index in [0.717, 1.165) is 12.0 Å². The van der Waals surface area contributed by atoms with E-state index < -0.39 is 10.2 Å². The minimum Gasteiger partial charge on any atom is -0.493 e. The Hall–Kier alpha value is -1.84. The first-order valence-corrected chi connectivity index (χ1v) is 13.0. The summed E-state index contributed by atoms with van der Waals surface area (Å²) < 4.78 is 40.5. The van der Waals surface area contributed by atoms with Crippen molar-refractivity contribution in [1.82, 2.24) is 13.9 Å². The van der Waals surface area contributed by atoms with Gasteiger partial charge in [0.05, 0.1) is 19.6 Å².